The van der Waals surface area contributed by atoms with Crippen LogP contribution >= 0.6 is 11.3 Å². The number of para-hydroxylation sites is 1. The van der Waals surface area contributed by atoms with Gasteiger partial charge in [0.05, 0.1) is 30.4 Å². The van der Waals surface area contributed by atoms with Crippen molar-refractivity contribution in [2.45, 2.75) is 19.3 Å². The van der Waals surface area contributed by atoms with Crippen molar-refractivity contribution in [3.05, 3.63) is 169 Å². The van der Waals surface area contributed by atoms with E-state index in [0.717, 1.165) is 36.9 Å². The molecule has 1 aliphatic rings. The van der Waals surface area contributed by atoms with Gasteiger partial charge in [-0.15, -0.1) is 11.3 Å². The predicted octanol–water partition coefficient (Wildman–Crippen LogP) is 12.6. The summed E-state index contributed by atoms with van der Waals surface area (Å²) in [4.78, 5) is 13.7. The van der Waals surface area contributed by atoms with E-state index in [9.17, 15) is 0 Å². The highest BCUT2D eigenvalue weighted by Crippen LogP contribution is 2.53. The van der Waals surface area contributed by atoms with Gasteiger partial charge >= 0.3 is 0 Å². The number of hydrogen-bond acceptors (Lipinski definition) is 4. The third-order valence-electron chi connectivity index (χ3n) is 10.4. The second-order valence-corrected chi connectivity index (χ2v) is 14.8. The van der Waals surface area contributed by atoms with E-state index in [0.29, 0.717) is 5.56 Å². The maximum atomic E-state index is 8.71. The molecule has 1 aliphatic carbocycles. The van der Waals surface area contributed by atoms with E-state index in [1.54, 1.807) is 11.3 Å². The predicted molar refractivity (Wildman–Crippen MR) is 221 cm³/mol. The molecule has 0 spiro atoms. The lowest BCUT2D eigenvalue weighted by Crippen LogP contribution is -2.15. The fourth-order valence-electron chi connectivity index (χ4n) is 8.18. The van der Waals surface area contributed by atoms with Crippen LogP contribution < -0.4 is 0 Å². The quantitative estimate of drug-likeness (QED) is 0.183. The van der Waals surface area contributed by atoms with Crippen molar-refractivity contribution in [1.82, 2.24) is 19.5 Å². The fourth-order valence-corrected chi connectivity index (χ4v) is 9.34. The summed E-state index contributed by atoms with van der Waals surface area (Å²) in [5.74, 6) is -0.587. The van der Waals surface area contributed by atoms with E-state index >= 15 is 0 Å². The zero-order valence-corrected chi connectivity index (χ0v) is 29.3. The topological polar surface area (TPSA) is 43.6 Å². The molecule has 0 radical (unpaired) electrons. The van der Waals surface area contributed by atoms with Crippen molar-refractivity contribution in [2.75, 3.05) is 0 Å². The number of aromatic nitrogens is 4. The zero-order chi connectivity index (χ0) is 44.0. The molecule has 53 heavy (non-hydrogen) atoms. The Labute approximate surface area is 324 Å². The molecule has 0 unspecified atom stereocenters. The molecule has 10 aromatic rings. The molecule has 4 nitrogen and oxygen atoms in total. The molecule has 0 fully saturated rings. The van der Waals surface area contributed by atoms with Gasteiger partial charge in [-0.2, -0.15) is 0 Å². The van der Waals surface area contributed by atoms with Gasteiger partial charge < -0.3 is 4.57 Å². The number of nitrogens with zero attached hydrogens (tertiary/aromatic N) is 4. The first-order chi connectivity index (χ1) is 30.2. The average Bonchev–Trinajstić information content (AvgIpc) is 3.91. The fraction of sp³-hybridized carbons (Fsp3) is 0.0625. The van der Waals surface area contributed by atoms with Crippen LogP contribution in [-0.4, -0.2) is 19.5 Å². The van der Waals surface area contributed by atoms with Crippen LogP contribution in [-0.2, 0) is 5.41 Å². The Morgan fingerprint density at radius 1 is 0.547 bits per heavy atom. The Kier molecular flexibility index (Phi) is 4.65. The number of benzene rings is 7. The SMILES string of the molecule is [2H]c1c([2H])c([2H])c(-c2nc(-c3ccc4c(c3)sc3cccc(-n5c6ccccc6c6c7c(ccc65)-c5ccccc5C7(C)C)c34)nc(-c3c([2H])c([2H])c([2H])c([2H])c3[2H])n2)c([2H])c1[2H]. The van der Waals surface area contributed by atoms with E-state index in [2.05, 4.69) is 112 Å². The summed E-state index contributed by atoms with van der Waals surface area (Å²) in [7, 11) is 0. The van der Waals surface area contributed by atoms with Gasteiger partial charge in [0.1, 0.15) is 0 Å². The second-order valence-electron chi connectivity index (χ2n) is 13.7. The summed E-state index contributed by atoms with van der Waals surface area (Å²) in [5.41, 5.74) is 7.97. The van der Waals surface area contributed by atoms with Crippen molar-refractivity contribution in [1.29, 1.82) is 0 Å². The normalized spacial score (nSPS) is 15.9. The van der Waals surface area contributed by atoms with E-state index < -0.39 is 60.4 Å². The summed E-state index contributed by atoms with van der Waals surface area (Å²) in [6.07, 6.45) is 0. The van der Waals surface area contributed by atoms with Crippen LogP contribution in [0, 0.1) is 0 Å². The van der Waals surface area contributed by atoms with Crippen LogP contribution in [0.2, 0.25) is 0 Å². The number of thiophene rings is 1. The summed E-state index contributed by atoms with van der Waals surface area (Å²) < 4.78 is 88.8. The van der Waals surface area contributed by atoms with Gasteiger partial charge in [-0.3, -0.25) is 0 Å². The van der Waals surface area contributed by atoms with Crippen molar-refractivity contribution in [2.24, 2.45) is 0 Å². The lowest BCUT2D eigenvalue weighted by atomic mass is 9.80. The van der Waals surface area contributed by atoms with Crippen LogP contribution in [0.25, 0.3) is 93.0 Å². The van der Waals surface area contributed by atoms with Gasteiger partial charge in [0.15, 0.2) is 17.5 Å². The molecule has 7 aromatic carbocycles. The molecule has 0 aliphatic heterocycles. The molecule has 11 rings (SSSR count). The first kappa shape index (κ1) is 21.8. The lowest BCUT2D eigenvalue weighted by molar-refractivity contribution is 0.666. The van der Waals surface area contributed by atoms with E-state index in [1.807, 2.05) is 18.2 Å². The Morgan fingerprint density at radius 3 is 1.98 bits per heavy atom. The molecule has 0 bridgehead atoms. The minimum Gasteiger partial charge on any atom is -0.309 e. The summed E-state index contributed by atoms with van der Waals surface area (Å²) in [5, 5.41) is 4.41. The molecule has 0 atom stereocenters. The summed E-state index contributed by atoms with van der Waals surface area (Å²) >= 11 is 1.58. The maximum Gasteiger partial charge on any atom is 0.164 e. The molecular formula is C48H32N4S. The zero-order valence-electron chi connectivity index (χ0n) is 38.4. The molecule has 5 heteroatoms. The van der Waals surface area contributed by atoms with Crippen molar-refractivity contribution < 1.29 is 13.7 Å². The Balaban J connectivity index is 1.14. The molecule has 0 N–H and O–H groups in total. The minimum absolute atomic E-state index is 0.0214. The van der Waals surface area contributed by atoms with Crippen LogP contribution in [0.4, 0.5) is 0 Å². The standard InChI is InChI=1S/C48H32N4S/c1-48(2)36-20-11-9-18-32(36)33-26-27-39-43(44(33)48)34-19-10-12-21-37(34)52(39)38-22-13-23-40-42(38)35-25-24-31(28-41(35)53-40)47-50-45(29-14-5-3-6-15-29)49-46(51-47)30-16-7-4-8-17-30/h3-28H,1-2H3/i3D,4D,5D,6D,7D,8D,14D,15D,16D,17D. The first-order valence-corrected chi connectivity index (χ1v) is 18.0. The van der Waals surface area contributed by atoms with Gasteiger partial charge in [0.2, 0.25) is 0 Å². The smallest absolute Gasteiger partial charge is 0.164 e. The van der Waals surface area contributed by atoms with Crippen LogP contribution in [0.1, 0.15) is 38.7 Å². The highest BCUT2D eigenvalue weighted by Gasteiger charge is 2.38. The molecule has 0 saturated heterocycles. The molecule has 3 aromatic heterocycles. The molecule has 0 amide bonds. The minimum atomic E-state index is -0.596. The van der Waals surface area contributed by atoms with Crippen molar-refractivity contribution in [3.63, 3.8) is 0 Å². The van der Waals surface area contributed by atoms with E-state index in [4.69, 9.17) is 13.7 Å². The second kappa shape index (κ2) is 11.3. The largest absolute Gasteiger partial charge is 0.309 e. The molecule has 250 valence electrons. The molecule has 3 heterocycles. The monoisotopic (exact) mass is 706 g/mol. The van der Waals surface area contributed by atoms with E-state index in [-0.39, 0.29) is 34.0 Å². The van der Waals surface area contributed by atoms with Crippen molar-refractivity contribution >= 4 is 53.3 Å². The van der Waals surface area contributed by atoms with E-state index in [1.165, 1.54) is 33.0 Å². The number of rotatable bonds is 4. The molecular weight excluding hydrogens is 665 g/mol. The van der Waals surface area contributed by atoms with Crippen LogP contribution in [0.5, 0.6) is 0 Å². The van der Waals surface area contributed by atoms with Gasteiger partial charge in [-0.1, -0.05) is 141 Å². The van der Waals surface area contributed by atoms with Gasteiger partial charge in [0, 0.05) is 53.1 Å². The Hall–Kier alpha value is -6.43. The highest BCUT2D eigenvalue weighted by molar-refractivity contribution is 7.26. The summed E-state index contributed by atoms with van der Waals surface area (Å²) in [6.45, 7) is 4.61. The summed E-state index contributed by atoms with van der Waals surface area (Å²) in [6, 6.07) is 27.9. The average molecular weight is 707 g/mol. The van der Waals surface area contributed by atoms with Gasteiger partial charge in [0.25, 0.3) is 0 Å². The first-order valence-electron chi connectivity index (χ1n) is 22.2. The highest BCUT2D eigenvalue weighted by atomic mass is 32.1. The lowest BCUT2D eigenvalue weighted by Gasteiger charge is -2.22. The molecule has 0 saturated carbocycles. The Morgan fingerprint density at radius 2 is 1.23 bits per heavy atom. The Bertz CT molecular complexity index is 3540. The number of fused-ring (bicyclic) bond motifs is 10. The van der Waals surface area contributed by atoms with Gasteiger partial charge in [-0.25, -0.2) is 15.0 Å². The van der Waals surface area contributed by atoms with Crippen molar-refractivity contribution in [3.8, 4) is 51.0 Å². The van der Waals surface area contributed by atoms with Gasteiger partial charge in [-0.05, 0) is 52.6 Å². The van der Waals surface area contributed by atoms with Crippen LogP contribution in [0.15, 0.2) is 157 Å². The third kappa shape index (κ3) is 4.44. The third-order valence-corrected chi connectivity index (χ3v) is 11.5. The van der Waals surface area contributed by atoms with Crippen LogP contribution in [0.3, 0.4) is 0 Å². The number of hydrogen-bond donors (Lipinski definition) is 0. The maximum absolute atomic E-state index is 8.71.